The lowest BCUT2D eigenvalue weighted by Gasteiger charge is -2.30. The maximum atomic E-state index is 12.9. The standard InChI is InChI=1S/C22H30ClN3O3/c1-2-17(27)10-14-6-8-15(9-7-14)26-22(29)19-13-24-21(23)12-20(19)25-16-4-3-5-18(28)11-16/h2,12-16,18,28H,1,3-11H2,(H,24,25)(H,26,29)/t14?,15?,16-,18+/m0/s1. The van der Waals surface area contributed by atoms with E-state index >= 15 is 0 Å². The number of nitrogens with one attached hydrogen (secondary N) is 2. The SMILES string of the molecule is C=CC(=O)CC1CCC(NC(=O)c2cnc(Cl)cc2N[C@H]2CCC[C@@H](O)C2)CC1. The van der Waals surface area contributed by atoms with Crippen molar-refractivity contribution >= 4 is 29.0 Å². The molecule has 0 spiro atoms. The predicted molar refractivity (Wildman–Crippen MR) is 114 cm³/mol. The number of amides is 1. The molecule has 1 aromatic rings. The van der Waals surface area contributed by atoms with Gasteiger partial charge in [0.05, 0.1) is 17.4 Å². The Hall–Kier alpha value is -1.92. The summed E-state index contributed by atoms with van der Waals surface area (Å²) in [5.41, 5.74) is 1.13. The molecule has 2 aliphatic carbocycles. The van der Waals surface area contributed by atoms with Crippen molar-refractivity contribution in [2.24, 2.45) is 5.92 Å². The summed E-state index contributed by atoms with van der Waals surface area (Å²) in [6.07, 6.45) is 10.1. The van der Waals surface area contributed by atoms with Crippen LogP contribution in [0.5, 0.6) is 0 Å². The van der Waals surface area contributed by atoms with E-state index in [4.69, 9.17) is 11.6 Å². The van der Waals surface area contributed by atoms with Gasteiger partial charge in [0.1, 0.15) is 5.15 Å². The molecule has 3 N–H and O–H groups in total. The fraction of sp³-hybridized carbons (Fsp3) is 0.591. The number of hydrogen-bond acceptors (Lipinski definition) is 5. The normalized spacial score (nSPS) is 27.1. The molecular formula is C22H30ClN3O3. The Bertz CT molecular complexity index is 747. The third-order valence-electron chi connectivity index (χ3n) is 6.02. The first kappa shape index (κ1) is 21.8. The highest BCUT2D eigenvalue weighted by Crippen LogP contribution is 2.29. The number of halogens is 1. The highest BCUT2D eigenvalue weighted by Gasteiger charge is 2.26. The van der Waals surface area contributed by atoms with E-state index in [0.717, 1.165) is 44.9 Å². The summed E-state index contributed by atoms with van der Waals surface area (Å²) >= 11 is 6.06. The van der Waals surface area contributed by atoms with E-state index in [1.54, 1.807) is 6.07 Å². The number of aliphatic hydroxyl groups is 1. The number of carbonyl (C=O) groups excluding carboxylic acids is 2. The molecule has 0 unspecified atom stereocenters. The van der Waals surface area contributed by atoms with Crippen molar-refractivity contribution in [3.05, 3.63) is 35.6 Å². The van der Waals surface area contributed by atoms with Crippen molar-refractivity contribution in [2.75, 3.05) is 5.32 Å². The quantitative estimate of drug-likeness (QED) is 0.460. The number of aromatic nitrogens is 1. The summed E-state index contributed by atoms with van der Waals surface area (Å²) in [6, 6.07) is 1.88. The third-order valence-corrected chi connectivity index (χ3v) is 6.23. The summed E-state index contributed by atoms with van der Waals surface area (Å²) in [5.74, 6) is 0.299. The van der Waals surface area contributed by atoms with Crippen LogP contribution in [-0.4, -0.2) is 40.0 Å². The molecule has 2 saturated carbocycles. The number of ketones is 1. The smallest absolute Gasteiger partial charge is 0.255 e. The van der Waals surface area contributed by atoms with E-state index in [9.17, 15) is 14.7 Å². The summed E-state index contributed by atoms with van der Waals surface area (Å²) in [7, 11) is 0. The van der Waals surface area contributed by atoms with Crippen LogP contribution < -0.4 is 10.6 Å². The van der Waals surface area contributed by atoms with Gasteiger partial charge < -0.3 is 15.7 Å². The van der Waals surface area contributed by atoms with Gasteiger partial charge in [-0.1, -0.05) is 18.2 Å². The summed E-state index contributed by atoms with van der Waals surface area (Å²) in [6.45, 7) is 3.53. The number of nitrogens with zero attached hydrogens (tertiary/aromatic N) is 1. The van der Waals surface area contributed by atoms with Crippen molar-refractivity contribution in [1.82, 2.24) is 10.3 Å². The van der Waals surface area contributed by atoms with Crippen LogP contribution in [0.15, 0.2) is 24.9 Å². The van der Waals surface area contributed by atoms with Gasteiger partial charge in [-0.15, -0.1) is 0 Å². The first-order valence-electron chi connectivity index (χ1n) is 10.5. The molecule has 158 valence electrons. The van der Waals surface area contributed by atoms with Crippen LogP contribution in [-0.2, 0) is 4.79 Å². The van der Waals surface area contributed by atoms with Crippen LogP contribution in [0.25, 0.3) is 0 Å². The van der Waals surface area contributed by atoms with Crippen molar-refractivity contribution < 1.29 is 14.7 Å². The van der Waals surface area contributed by atoms with Crippen LogP contribution in [0.2, 0.25) is 5.15 Å². The molecule has 0 radical (unpaired) electrons. The summed E-state index contributed by atoms with van der Waals surface area (Å²) in [5, 5.41) is 16.7. The molecule has 0 aromatic carbocycles. The Morgan fingerprint density at radius 1 is 1.21 bits per heavy atom. The average Bonchev–Trinajstić information content (AvgIpc) is 2.69. The highest BCUT2D eigenvalue weighted by atomic mass is 35.5. The number of anilines is 1. The summed E-state index contributed by atoms with van der Waals surface area (Å²) < 4.78 is 0. The number of rotatable bonds is 7. The van der Waals surface area contributed by atoms with Gasteiger partial charge in [-0.25, -0.2) is 4.98 Å². The lowest BCUT2D eigenvalue weighted by Crippen LogP contribution is -2.38. The van der Waals surface area contributed by atoms with E-state index < -0.39 is 0 Å². The molecule has 0 saturated heterocycles. The van der Waals surface area contributed by atoms with E-state index in [2.05, 4.69) is 22.2 Å². The second kappa shape index (κ2) is 10.2. The zero-order valence-corrected chi connectivity index (χ0v) is 17.5. The lowest BCUT2D eigenvalue weighted by atomic mass is 9.83. The second-order valence-electron chi connectivity index (χ2n) is 8.28. The Balaban J connectivity index is 1.59. The molecule has 1 heterocycles. The molecule has 1 aromatic heterocycles. The van der Waals surface area contributed by atoms with Crippen LogP contribution in [0.4, 0.5) is 5.69 Å². The Labute approximate surface area is 177 Å². The van der Waals surface area contributed by atoms with Gasteiger partial charge in [0, 0.05) is 24.7 Å². The van der Waals surface area contributed by atoms with E-state index in [0.29, 0.717) is 35.2 Å². The maximum Gasteiger partial charge on any atom is 0.255 e. The second-order valence-corrected chi connectivity index (χ2v) is 8.67. The van der Waals surface area contributed by atoms with Gasteiger partial charge in [0.25, 0.3) is 5.91 Å². The summed E-state index contributed by atoms with van der Waals surface area (Å²) in [4.78, 5) is 28.5. The first-order chi connectivity index (χ1) is 13.9. The van der Waals surface area contributed by atoms with Gasteiger partial charge in [-0.3, -0.25) is 9.59 Å². The minimum absolute atomic E-state index is 0.0910. The van der Waals surface area contributed by atoms with Gasteiger partial charge in [0.15, 0.2) is 5.78 Å². The maximum absolute atomic E-state index is 12.9. The van der Waals surface area contributed by atoms with Crippen LogP contribution in [0, 0.1) is 5.92 Å². The van der Waals surface area contributed by atoms with Gasteiger partial charge >= 0.3 is 0 Å². The molecule has 3 rings (SSSR count). The number of pyridine rings is 1. The van der Waals surface area contributed by atoms with Gasteiger partial charge in [0.2, 0.25) is 0 Å². The zero-order valence-electron chi connectivity index (χ0n) is 16.7. The first-order valence-corrected chi connectivity index (χ1v) is 10.9. The number of allylic oxidation sites excluding steroid dienone is 1. The van der Waals surface area contributed by atoms with E-state index in [-0.39, 0.29) is 29.9 Å². The molecule has 2 fully saturated rings. The molecule has 1 amide bonds. The van der Waals surface area contributed by atoms with E-state index in [1.807, 2.05) is 0 Å². The van der Waals surface area contributed by atoms with Crippen molar-refractivity contribution in [3.63, 3.8) is 0 Å². The molecule has 2 atom stereocenters. The minimum atomic E-state index is -0.306. The molecule has 0 bridgehead atoms. The Morgan fingerprint density at radius 2 is 1.97 bits per heavy atom. The Morgan fingerprint density at radius 3 is 2.66 bits per heavy atom. The minimum Gasteiger partial charge on any atom is -0.393 e. The number of carbonyl (C=O) groups is 2. The van der Waals surface area contributed by atoms with Crippen LogP contribution in [0.3, 0.4) is 0 Å². The van der Waals surface area contributed by atoms with Crippen molar-refractivity contribution in [3.8, 4) is 0 Å². The number of aliphatic hydroxyl groups excluding tert-OH is 1. The van der Waals surface area contributed by atoms with Crippen LogP contribution >= 0.6 is 11.6 Å². The lowest BCUT2D eigenvalue weighted by molar-refractivity contribution is -0.115. The zero-order chi connectivity index (χ0) is 20.8. The fourth-order valence-electron chi connectivity index (χ4n) is 4.39. The monoisotopic (exact) mass is 419 g/mol. The molecule has 7 heteroatoms. The van der Waals surface area contributed by atoms with Gasteiger partial charge in [-0.05, 0) is 69.4 Å². The topological polar surface area (TPSA) is 91.3 Å². The van der Waals surface area contributed by atoms with E-state index in [1.165, 1.54) is 12.3 Å². The average molecular weight is 420 g/mol. The number of hydrogen-bond donors (Lipinski definition) is 3. The molecule has 0 aliphatic heterocycles. The van der Waals surface area contributed by atoms with Crippen molar-refractivity contribution in [2.45, 2.75) is 76.0 Å². The third kappa shape index (κ3) is 6.28. The van der Waals surface area contributed by atoms with Crippen LogP contribution in [0.1, 0.15) is 68.1 Å². The van der Waals surface area contributed by atoms with Crippen molar-refractivity contribution in [1.29, 1.82) is 0 Å². The largest absolute Gasteiger partial charge is 0.393 e. The Kier molecular flexibility index (Phi) is 7.67. The molecular weight excluding hydrogens is 390 g/mol. The fourth-order valence-corrected chi connectivity index (χ4v) is 4.55. The highest BCUT2D eigenvalue weighted by molar-refractivity contribution is 6.29. The molecule has 2 aliphatic rings. The molecule has 29 heavy (non-hydrogen) atoms. The van der Waals surface area contributed by atoms with Gasteiger partial charge in [-0.2, -0.15) is 0 Å². The molecule has 6 nitrogen and oxygen atoms in total. The predicted octanol–water partition coefficient (Wildman–Crippen LogP) is 3.88.